The standard InChI is InChI=1S/C14H21FN2O/c1-17(12-6-4-11(16)5-7-12)13-9-10(15)3-8-14(13)18-2/h3,8-9,11-12H,4-7,16H2,1-2H3. The van der Waals surface area contributed by atoms with Crippen molar-refractivity contribution in [2.24, 2.45) is 5.73 Å². The molecule has 100 valence electrons. The second-order valence-corrected chi connectivity index (χ2v) is 5.00. The van der Waals surface area contributed by atoms with Crippen molar-refractivity contribution < 1.29 is 9.13 Å². The van der Waals surface area contributed by atoms with Crippen LogP contribution in [0.2, 0.25) is 0 Å². The molecule has 0 heterocycles. The van der Waals surface area contributed by atoms with Crippen LogP contribution in [-0.2, 0) is 0 Å². The molecule has 1 fully saturated rings. The van der Waals surface area contributed by atoms with Gasteiger partial charge in [0.05, 0.1) is 12.8 Å². The molecule has 0 bridgehead atoms. The van der Waals surface area contributed by atoms with Gasteiger partial charge in [0.1, 0.15) is 11.6 Å². The minimum atomic E-state index is -0.231. The lowest BCUT2D eigenvalue weighted by Crippen LogP contribution is -2.38. The zero-order valence-corrected chi connectivity index (χ0v) is 11.0. The highest BCUT2D eigenvalue weighted by Gasteiger charge is 2.24. The smallest absolute Gasteiger partial charge is 0.142 e. The van der Waals surface area contributed by atoms with Crippen molar-refractivity contribution in [2.45, 2.75) is 37.8 Å². The van der Waals surface area contributed by atoms with Gasteiger partial charge < -0.3 is 15.4 Å². The van der Waals surface area contributed by atoms with Crippen LogP contribution in [0, 0.1) is 5.82 Å². The number of nitrogens with zero attached hydrogens (tertiary/aromatic N) is 1. The van der Waals surface area contributed by atoms with Crippen molar-refractivity contribution in [3.8, 4) is 5.75 Å². The lowest BCUT2D eigenvalue weighted by molar-refractivity contribution is 0.377. The maximum Gasteiger partial charge on any atom is 0.142 e. The van der Waals surface area contributed by atoms with Crippen LogP contribution >= 0.6 is 0 Å². The topological polar surface area (TPSA) is 38.5 Å². The van der Waals surface area contributed by atoms with E-state index in [1.165, 1.54) is 12.1 Å². The van der Waals surface area contributed by atoms with E-state index in [0.29, 0.717) is 17.8 Å². The van der Waals surface area contributed by atoms with Crippen molar-refractivity contribution in [3.63, 3.8) is 0 Å². The molecule has 1 aliphatic carbocycles. The summed E-state index contributed by atoms with van der Waals surface area (Å²) >= 11 is 0. The highest BCUT2D eigenvalue weighted by Crippen LogP contribution is 2.32. The Morgan fingerprint density at radius 1 is 1.28 bits per heavy atom. The summed E-state index contributed by atoms with van der Waals surface area (Å²) in [5.41, 5.74) is 6.73. The van der Waals surface area contributed by atoms with Crippen LogP contribution in [0.15, 0.2) is 18.2 Å². The van der Waals surface area contributed by atoms with Crippen LogP contribution in [0.3, 0.4) is 0 Å². The van der Waals surface area contributed by atoms with Crippen molar-refractivity contribution in [2.75, 3.05) is 19.1 Å². The second-order valence-electron chi connectivity index (χ2n) is 5.00. The van der Waals surface area contributed by atoms with E-state index in [4.69, 9.17) is 10.5 Å². The number of rotatable bonds is 3. The fraction of sp³-hybridized carbons (Fsp3) is 0.571. The van der Waals surface area contributed by atoms with Crippen molar-refractivity contribution in [3.05, 3.63) is 24.0 Å². The summed E-state index contributed by atoms with van der Waals surface area (Å²) in [4.78, 5) is 2.12. The van der Waals surface area contributed by atoms with E-state index in [1.54, 1.807) is 13.2 Å². The highest BCUT2D eigenvalue weighted by atomic mass is 19.1. The molecule has 1 saturated carbocycles. The number of halogens is 1. The number of hydrogen-bond acceptors (Lipinski definition) is 3. The average molecular weight is 252 g/mol. The van der Waals surface area contributed by atoms with Crippen LogP contribution in [0.25, 0.3) is 0 Å². The zero-order chi connectivity index (χ0) is 13.1. The summed E-state index contributed by atoms with van der Waals surface area (Å²) in [6.07, 6.45) is 4.17. The molecule has 1 aromatic rings. The molecule has 0 saturated heterocycles. The Morgan fingerprint density at radius 3 is 2.56 bits per heavy atom. The van der Waals surface area contributed by atoms with Crippen molar-refractivity contribution >= 4 is 5.69 Å². The van der Waals surface area contributed by atoms with Crippen LogP contribution in [0.4, 0.5) is 10.1 Å². The zero-order valence-electron chi connectivity index (χ0n) is 11.0. The summed E-state index contributed by atoms with van der Waals surface area (Å²) in [5.74, 6) is 0.485. The van der Waals surface area contributed by atoms with Crippen LogP contribution < -0.4 is 15.4 Å². The van der Waals surface area contributed by atoms with Crippen LogP contribution in [0.5, 0.6) is 5.75 Å². The molecule has 0 aromatic heterocycles. The third kappa shape index (κ3) is 2.75. The molecule has 1 aliphatic rings. The van der Waals surface area contributed by atoms with Gasteiger partial charge in [-0.3, -0.25) is 0 Å². The quantitative estimate of drug-likeness (QED) is 0.898. The first-order chi connectivity index (χ1) is 8.61. The number of methoxy groups -OCH3 is 1. The third-order valence-corrected chi connectivity index (χ3v) is 3.81. The summed E-state index contributed by atoms with van der Waals surface area (Å²) in [7, 11) is 3.61. The molecule has 1 aromatic carbocycles. The SMILES string of the molecule is COc1ccc(F)cc1N(C)C1CCC(N)CC1. The van der Waals surface area contributed by atoms with Gasteiger partial charge in [-0.05, 0) is 37.8 Å². The van der Waals surface area contributed by atoms with Gasteiger partial charge in [0.2, 0.25) is 0 Å². The number of ether oxygens (including phenoxy) is 1. The van der Waals surface area contributed by atoms with Crippen LogP contribution in [0.1, 0.15) is 25.7 Å². The Bertz CT molecular complexity index is 403. The monoisotopic (exact) mass is 252 g/mol. The molecule has 0 amide bonds. The normalized spacial score (nSPS) is 23.8. The molecule has 4 heteroatoms. The first-order valence-electron chi connectivity index (χ1n) is 6.43. The lowest BCUT2D eigenvalue weighted by atomic mass is 9.90. The Morgan fingerprint density at radius 2 is 1.94 bits per heavy atom. The number of nitrogens with two attached hydrogens (primary N) is 1. The first kappa shape index (κ1) is 13.1. The van der Waals surface area contributed by atoms with E-state index in [9.17, 15) is 4.39 Å². The van der Waals surface area contributed by atoms with Crippen molar-refractivity contribution in [1.29, 1.82) is 0 Å². The molecule has 0 unspecified atom stereocenters. The minimum absolute atomic E-state index is 0.231. The molecule has 2 rings (SSSR count). The van der Waals surface area contributed by atoms with E-state index in [2.05, 4.69) is 4.90 Å². The van der Waals surface area contributed by atoms with Gasteiger partial charge in [0.25, 0.3) is 0 Å². The van der Waals surface area contributed by atoms with E-state index >= 15 is 0 Å². The number of anilines is 1. The predicted octanol–water partition coefficient (Wildman–Crippen LogP) is 2.54. The third-order valence-electron chi connectivity index (χ3n) is 3.81. The largest absolute Gasteiger partial charge is 0.495 e. The highest BCUT2D eigenvalue weighted by molar-refractivity contribution is 5.58. The van der Waals surface area contributed by atoms with Gasteiger partial charge in [-0.15, -0.1) is 0 Å². The molecule has 0 spiro atoms. The van der Waals surface area contributed by atoms with E-state index in [-0.39, 0.29) is 5.82 Å². The van der Waals surface area contributed by atoms with Gasteiger partial charge >= 0.3 is 0 Å². The van der Waals surface area contributed by atoms with Crippen LogP contribution in [-0.4, -0.2) is 26.2 Å². The van der Waals surface area contributed by atoms with Gasteiger partial charge in [-0.25, -0.2) is 4.39 Å². The Kier molecular flexibility index (Phi) is 4.07. The Hall–Kier alpha value is -1.29. The van der Waals surface area contributed by atoms with E-state index in [0.717, 1.165) is 31.4 Å². The molecular weight excluding hydrogens is 231 g/mol. The van der Waals surface area contributed by atoms with Gasteiger partial charge in [-0.2, -0.15) is 0 Å². The fourth-order valence-electron chi connectivity index (χ4n) is 2.62. The summed E-state index contributed by atoms with van der Waals surface area (Å²) < 4.78 is 18.7. The minimum Gasteiger partial charge on any atom is -0.495 e. The lowest BCUT2D eigenvalue weighted by Gasteiger charge is -2.35. The summed E-state index contributed by atoms with van der Waals surface area (Å²) in [6.45, 7) is 0. The van der Waals surface area contributed by atoms with Gasteiger partial charge in [0, 0.05) is 25.2 Å². The molecule has 3 nitrogen and oxygen atoms in total. The van der Waals surface area contributed by atoms with Gasteiger partial charge in [-0.1, -0.05) is 0 Å². The number of hydrogen-bond donors (Lipinski definition) is 1. The summed E-state index contributed by atoms with van der Waals surface area (Å²) in [6, 6.07) is 5.38. The molecule has 0 atom stereocenters. The second kappa shape index (κ2) is 5.57. The Balaban J connectivity index is 2.17. The molecule has 0 aliphatic heterocycles. The van der Waals surface area contributed by atoms with Crippen molar-refractivity contribution in [1.82, 2.24) is 0 Å². The maximum atomic E-state index is 13.4. The molecule has 2 N–H and O–H groups in total. The first-order valence-corrected chi connectivity index (χ1v) is 6.43. The molecular formula is C14H21FN2O. The average Bonchev–Trinajstić information content (AvgIpc) is 2.39. The molecule has 18 heavy (non-hydrogen) atoms. The maximum absolute atomic E-state index is 13.4. The number of benzene rings is 1. The Labute approximate surface area is 108 Å². The van der Waals surface area contributed by atoms with Gasteiger partial charge in [0.15, 0.2) is 0 Å². The summed E-state index contributed by atoms with van der Waals surface area (Å²) in [5, 5.41) is 0. The van der Waals surface area contributed by atoms with E-state index < -0.39 is 0 Å². The van der Waals surface area contributed by atoms with E-state index in [1.807, 2.05) is 7.05 Å². The predicted molar refractivity (Wildman–Crippen MR) is 71.6 cm³/mol. The molecule has 0 radical (unpaired) electrons. The fourth-order valence-corrected chi connectivity index (χ4v) is 2.62.